The standard InChI is InChI=1S/C20H19ClN2O2/c1-13(2)16-8-3-4-9-17(16)18-11-19(25-23-18)14-6-5-7-15(10-14)22-20(24)12-21/h3-11,13H,12H2,1-2H3,(H,22,24). The molecule has 0 aliphatic heterocycles. The molecule has 0 saturated heterocycles. The molecule has 0 radical (unpaired) electrons. The third-order valence-corrected chi connectivity index (χ3v) is 4.16. The van der Waals surface area contributed by atoms with Gasteiger partial charge in [-0.05, 0) is 23.6 Å². The summed E-state index contributed by atoms with van der Waals surface area (Å²) in [6, 6.07) is 17.5. The van der Waals surface area contributed by atoms with Crippen LogP contribution in [0.4, 0.5) is 5.69 Å². The number of amides is 1. The molecule has 0 aliphatic rings. The van der Waals surface area contributed by atoms with Gasteiger partial charge in [-0.25, -0.2) is 0 Å². The molecule has 0 bridgehead atoms. The number of hydrogen-bond acceptors (Lipinski definition) is 3. The van der Waals surface area contributed by atoms with Gasteiger partial charge in [-0.15, -0.1) is 11.6 Å². The number of carbonyl (C=O) groups excluding carboxylic acids is 1. The van der Waals surface area contributed by atoms with Gasteiger partial charge in [0.25, 0.3) is 0 Å². The van der Waals surface area contributed by atoms with E-state index in [1.165, 1.54) is 5.56 Å². The maximum atomic E-state index is 11.4. The second-order valence-electron chi connectivity index (χ2n) is 6.08. The number of anilines is 1. The first-order chi connectivity index (χ1) is 12.1. The molecule has 1 N–H and O–H groups in total. The SMILES string of the molecule is CC(C)c1ccccc1-c1cc(-c2cccc(NC(=O)CCl)c2)on1. The van der Waals surface area contributed by atoms with Crippen LogP contribution in [0.15, 0.2) is 59.1 Å². The van der Waals surface area contributed by atoms with Crippen LogP contribution < -0.4 is 5.32 Å². The van der Waals surface area contributed by atoms with E-state index in [4.69, 9.17) is 16.1 Å². The summed E-state index contributed by atoms with van der Waals surface area (Å²) in [5, 5.41) is 6.96. The van der Waals surface area contributed by atoms with Crippen molar-refractivity contribution in [3.63, 3.8) is 0 Å². The summed E-state index contributed by atoms with van der Waals surface area (Å²) < 4.78 is 5.54. The van der Waals surface area contributed by atoms with Crippen molar-refractivity contribution in [3.05, 3.63) is 60.2 Å². The average molecular weight is 355 g/mol. The quantitative estimate of drug-likeness (QED) is 0.632. The number of carbonyl (C=O) groups is 1. The molecule has 0 saturated carbocycles. The topological polar surface area (TPSA) is 55.1 Å². The van der Waals surface area contributed by atoms with Crippen molar-refractivity contribution >= 4 is 23.2 Å². The first kappa shape index (κ1) is 17.2. The van der Waals surface area contributed by atoms with Crippen molar-refractivity contribution in [2.45, 2.75) is 19.8 Å². The summed E-state index contributed by atoms with van der Waals surface area (Å²) in [6.07, 6.45) is 0. The van der Waals surface area contributed by atoms with Gasteiger partial charge >= 0.3 is 0 Å². The highest BCUT2D eigenvalue weighted by molar-refractivity contribution is 6.29. The molecule has 128 valence electrons. The van der Waals surface area contributed by atoms with Crippen LogP contribution in [-0.4, -0.2) is 16.9 Å². The lowest BCUT2D eigenvalue weighted by Crippen LogP contribution is -2.12. The van der Waals surface area contributed by atoms with Crippen LogP contribution in [0.25, 0.3) is 22.6 Å². The summed E-state index contributed by atoms with van der Waals surface area (Å²) in [5.74, 6) is 0.715. The van der Waals surface area contributed by atoms with E-state index in [9.17, 15) is 4.79 Å². The minimum atomic E-state index is -0.247. The molecule has 3 aromatic rings. The zero-order chi connectivity index (χ0) is 17.8. The molecule has 1 amide bonds. The zero-order valence-electron chi connectivity index (χ0n) is 14.1. The predicted molar refractivity (Wildman–Crippen MR) is 101 cm³/mol. The van der Waals surface area contributed by atoms with Gasteiger partial charge in [-0.3, -0.25) is 4.79 Å². The summed E-state index contributed by atoms with van der Waals surface area (Å²) in [5.41, 5.74) is 4.61. The van der Waals surface area contributed by atoms with E-state index in [1.54, 1.807) is 6.07 Å². The molecule has 0 aliphatic carbocycles. The van der Waals surface area contributed by atoms with Crippen molar-refractivity contribution in [3.8, 4) is 22.6 Å². The lowest BCUT2D eigenvalue weighted by Gasteiger charge is -2.09. The number of benzene rings is 2. The molecule has 5 heteroatoms. The number of nitrogens with one attached hydrogen (secondary N) is 1. The molecule has 0 fully saturated rings. The van der Waals surface area contributed by atoms with E-state index in [1.807, 2.05) is 42.5 Å². The second-order valence-corrected chi connectivity index (χ2v) is 6.35. The van der Waals surface area contributed by atoms with Crippen LogP contribution >= 0.6 is 11.6 Å². The van der Waals surface area contributed by atoms with Gasteiger partial charge in [-0.1, -0.05) is 55.4 Å². The number of alkyl halides is 1. The van der Waals surface area contributed by atoms with Gasteiger partial charge in [0.1, 0.15) is 11.6 Å². The predicted octanol–water partition coefficient (Wildman–Crippen LogP) is 5.31. The Balaban J connectivity index is 1.92. The largest absolute Gasteiger partial charge is 0.356 e. The highest BCUT2D eigenvalue weighted by Gasteiger charge is 2.14. The minimum Gasteiger partial charge on any atom is -0.356 e. The van der Waals surface area contributed by atoms with Crippen LogP contribution in [0.5, 0.6) is 0 Å². The summed E-state index contributed by atoms with van der Waals surface area (Å²) in [6.45, 7) is 4.31. The Kier molecular flexibility index (Phi) is 5.19. The maximum Gasteiger partial charge on any atom is 0.239 e. The molecule has 0 spiro atoms. The fraction of sp³-hybridized carbons (Fsp3) is 0.200. The Hall–Kier alpha value is -2.59. The number of rotatable bonds is 5. The van der Waals surface area contributed by atoms with Crippen LogP contribution in [0.3, 0.4) is 0 Å². The molecule has 0 unspecified atom stereocenters. The van der Waals surface area contributed by atoms with Crippen molar-refractivity contribution in [2.24, 2.45) is 0 Å². The Bertz CT molecular complexity index is 887. The molecular formula is C20H19ClN2O2. The lowest BCUT2D eigenvalue weighted by molar-refractivity contribution is -0.113. The molecular weight excluding hydrogens is 336 g/mol. The Morgan fingerprint density at radius 1 is 1.16 bits per heavy atom. The zero-order valence-corrected chi connectivity index (χ0v) is 14.9. The van der Waals surface area contributed by atoms with Crippen LogP contribution in [0.1, 0.15) is 25.3 Å². The van der Waals surface area contributed by atoms with Crippen LogP contribution in [0.2, 0.25) is 0 Å². The highest BCUT2D eigenvalue weighted by atomic mass is 35.5. The van der Waals surface area contributed by atoms with Gasteiger partial charge in [-0.2, -0.15) is 0 Å². The first-order valence-electron chi connectivity index (χ1n) is 8.10. The van der Waals surface area contributed by atoms with Crippen molar-refractivity contribution < 1.29 is 9.32 Å². The van der Waals surface area contributed by atoms with E-state index >= 15 is 0 Å². The van der Waals surface area contributed by atoms with Crippen LogP contribution in [0, 0.1) is 0 Å². The van der Waals surface area contributed by atoms with E-state index in [0.29, 0.717) is 17.4 Å². The van der Waals surface area contributed by atoms with E-state index in [2.05, 4.69) is 30.4 Å². The summed E-state index contributed by atoms with van der Waals surface area (Å²) in [7, 11) is 0. The number of nitrogens with zero attached hydrogens (tertiary/aromatic N) is 1. The third-order valence-electron chi connectivity index (χ3n) is 3.92. The minimum absolute atomic E-state index is 0.0807. The number of hydrogen-bond donors (Lipinski definition) is 1. The maximum absolute atomic E-state index is 11.4. The van der Waals surface area contributed by atoms with Gasteiger partial charge in [0.15, 0.2) is 5.76 Å². The average Bonchev–Trinajstić information content (AvgIpc) is 3.12. The molecule has 4 nitrogen and oxygen atoms in total. The molecule has 1 aromatic heterocycles. The molecule has 3 rings (SSSR count). The molecule has 1 heterocycles. The van der Waals surface area contributed by atoms with Crippen molar-refractivity contribution in [2.75, 3.05) is 11.2 Å². The third kappa shape index (κ3) is 3.91. The smallest absolute Gasteiger partial charge is 0.239 e. The number of aromatic nitrogens is 1. The summed E-state index contributed by atoms with van der Waals surface area (Å²) in [4.78, 5) is 11.4. The highest BCUT2D eigenvalue weighted by Crippen LogP contribution is 2.32. The summed E-state index contributed by atoms with van der Waals surface area (Å²) >= 11 is 5.53. The second kappa shape index (κ2) is 7.53. The van der Waals surface area contributed by atoms with Gasteiger partial charge in [0.2, 0.25) is 5.91 Å². The Morgan fingerprint density at radius 3 is 2.72 bits per heavy atom. The van der Waals surface area contributed by atoms with Crippen LogP contribution in [-0.2, 0) is 4.79 Å². The fourth-order valence-corrected chi connectivity index (χ4v) is 2.78. The molecule has 2 aromatic carbocycles. The first-order valence-corrected chi connectivity index (χ1v) is 8.64. The van der Waals surface area contributed by atoms with Gasteiger partial charge in [0, 0.05) is 22.9 Å². The van der Waals surface area contributed by atoms with E-state index in [-0.39, 0.29) is 11.8 Å². The Morgan fingerprint density at radius 2 is 1.96 bits per heavy atom. The van der Waals surface area contributed by atoms with Crippen molar-refractivity contribution in [1.82, 2.24) is 5.16 Å². The van der Waals surface area contributed by atoms with E-state index < -0.39 is 0 Å². The van der Waals surface area contributed by atoms with Gasteiger partial charge in [0.05, 0.1) is 0 Å². The van der Waals surface area contributed by atoms with Gasteiger partial charge < -0.3 is 9.84 Å². The molecule has 25 heavy (non-hydrogen) atoms. The fourth-order valence-electron chi connectivity index (χ4n) is 2.72. The van der Waals surface area contributed by atoms with Crippen molar-refractivity contribution in [1.29, 1.82) is 0 Å². The Labute approximate surface area is 151 Å². The molecule has 0 atom stereocenters. The normalized spacial score (nSPS) is 10.9. The van der Waals surface area contributed by atoms with E-state index in [0.717, 1.165) is 16.8 Å². The number of halogens is 1. The monoisotopic (exact) mass is 354 g/mol. The lowest BCUT2D eigenvalue weighted by atomic mass is 9.95.